The van der Waals surface area contributed by atoms with Crippen molar-refractivity contribution in [1.82, 2.24) is 25.2 Å². The maximum Gasteiger partial charge on any atom is 0.189 e. The second kappa shape index (κ2) is 8.24. The van der Waals surface area contributed by atoms with E-state index in [9.17, 15) is 0 Å². The van der Waals surface area contributed by atoms with E-state index in [0.717, 1.165) is 59.5 Å². The quantitative estimate of drug-likeness (QED) is 0.528. The zero-order chi connectivity index (χ0) is 19.5. The topological polar surface area (TPSA) is 66.0 Å². The number of fused-ring (bicyclic) bond motifs is 1. The summed E-state index contributed by atoms with van der Waals surface area (Å²) in [7, 11) is 0. The van der Waals surface area contributed by atoms with Crippen LogP contribution in [0.15, 0.2) is 61.1 Å². The Morgan fingerprint density at radius 1 is 0.966 bits per heavy atom. The number of benzene rings is 1. The van der Waals surface area contributed by atoms with Gasteiger partial charge in [-0.25, -0.2) is 9.97 Å². The molecule has 3 aromatic heterocycles. The van der Waals surface area contributed by atoms with E-state index in [1.54, 1.807) is 11.3 Å². The van der Waals surface area contributed by atoms with E-state index in [0.29, 0.717) is 0 Å². The second-order valence-corrected chi connectivity index (χ2v) is 8.17. The average Bonchev–Trinajstić information content (AvgIpc) is 3.17. The maximum atomic E-state index is 4.72. The van der Waals surface area contributed by atoms with E-state index in [-0.39, 0.29) is 0 Å². The molecule has 1 aliphatic rings. The van der Waals surface area contributed by atoms with Gasteiger partial charge in [0.1, 0.15) is 5.82 Å². The fourth-order valence-electron chi connectivity index (χ4n) is 3.58. The summed E-state index contributed by atoms with van der Waals surface area (Å²) >= 11 is 1.65. The summed E-state index contributed by atoms with van der Waals surface area (Å²) in [6.45, 7) is 5.24. The summed E-state index contributed by atoms with van der Waals surface area (Å²) in [5.41, 5.74) is 4.59. The van der Waals surface area contributed by atoms with Gasteiger partial charge in [-0.15, -0.1) is 0 Å². The molecule has 0 amide bonds. The third kappa shape index (κ3) is 4.27. The Bertz CT molecular complexity index is 1100. The van der Waals surface area contributed by atoms with Gasteiger partial charge in [-0.3, -0.25) is 9.88 Å². The highest BCUT2D eigenvalue weighted by Crippen LogP contribution is 2.31. The number of anilines is 2. The Kier molecular flexibility index (Phi) is 5.17. The van der Waals surface area contributed by atoms with Crippen LogP contribution in [0.25, 0.3) is 21.3 Å². The smallest absolute Gasteiger partial charge is 0.189 e. The van der Waals surface area contributed by atoms with E-state index in [4.69, 9.17) is 4.98 Å². The first-order valence-corrected chi connectivity index (χ1v) is 10.6. The van der Waals surface area contributed by atoms with Crippen LogP contribution >= 0.6 is 11.3 Å². The molecular weight excluding hydrogens is 380 g/mol. The van der Waals surface area contributed by atoms with Gasteiger partial charge in [0.25, 0.3) is 0 Å². The third-order valence-electron chi connectivity index (χ3n) is 5.08. The third-order valence-corrected chi connectivity index (χ3v) is 6.01. The number of nitrogens with zero attached hydrogens (tertiary/aromatic N) is 4. The lowest BCUT2D eigenvalue weighted by atomic mass is 10.1. The van der Waals surface area contributed by atoms with Gasteiger partial charge in [0.15, 0.2) is 5.13 Å². The zero-order valence-corrected chi connectivity index (χ0v) is 16.8. The number of thiazole rings is 1. The Morgan fingerprint density at radius 2 is 1.83 bits per heavy atom. The molecule has 0 aliphatic carbocycles. The van der Waals surface area contributed by atoms with Gasteiger partial charge in [0, 0.05) is 51.3 Å². The van der Waals surface area contributed by atoms with Gasteiger partial charge in [-0.1, -0.05) is 17.4 Å². The molecule has 4 heterocycles. The van der Waals surface area contributed by atoms with Crippen molar-refractivity contribution in [3.8, 4) is 11.1 Å². The highest BCUT2D eigenvalue weighted by atomic mass is 32.1. The summed E-state index contributed by atoms with van der Waals surface area (Å²) in [5, 5.41) is 7.64. The average molecular weight is 403 g/mol. The van der Waals surface area contributed by atoms with Gasteiger partial charge in [-0.05, 0) is 53.1 Å². The van der Waals surface area contributed by atoms with Crippen LogP contribution in [0.3, 0.4) is 0 Å². The predicted octanol–water partition coefficient (Wildman–Crippen LogP) is 3.90. The first-order valence-electron chi connectivity index (χ1n) is 9.79. The van der Waals surface area contributed by atoms with Crippen molar-refractivity contribution in [2.45, 2.75) is 6.54 Å². The Balaban J connectivity index is 1.34. The second-order valence-electron chi connectivity index (χ2n) is 7.14. The number of piperazine rings is 1. The van der Waals surface area contributed by atoms with Gasteiger partial charge >= 0.3 is 0 Å². The molecule has 0 saturated carbocycles. The monoisotopic (exact) mass is 402 g/mol. The molecule has 1 aliphatic heterocycles. The lowest BCUT2D eigenvalue weighted by Crippen LogP contribution is -2.42. The Labute approximate surface area is 173 Å². The van der Waals surface area contributed by atoms with Crippen molar-refractivity contribution in [3.05, 3.63) is 66.6 Å². The molecule has 1 aromatic carbocycles. The van der Waals surface area contributed by atoms with Crippen LogP contribution in [0, 0.1) is 0 Å². The minimum atomic E-state index is 0.839. The molecule has 2 N–H and O–H groups in total. The fraction of sp³-hybridized carbons (Fsp3) is 0.227. The molecule has 1 fully saturated rings. The van der Waals surface area contributed by atoms with E-state index in [2.05, 4.69) is 55.8 Å². The van der Waals surface area contributed by atoms with Gasteiger partial charge < -0.3 is 10.6 Å². The number of hydrogen-bond donors (Lipinski definition) is 2. The molecule has 5 rings (SSSR count). The molecule has 0 radical (unpaired) electrons. The molecular formula is C22H22N6S. The van der Waals surface area contributed by atoms with Gasteiger partial charge in [0.2, 0.25) is 0 Å². The summed E-state index contributed by atoms with van der Waals surface area (Å²) < 4.78 is 1.15. The normalized spacial score (nSPS) is 14.9. The largest absolute Gasteiger partial charge is 0.316 e. The lowest BCUT2D eigenvalue weighted by Gasteiger charge is -2.27. The van der Waals surface area contributed by atoms with E-state index >= 15 is 0 Å². The number of aromatic nitrogens is 3. The van der Waals surface area contributed by atoms with Crippen molar-refractivity contribution < 1.29 is 0 Å². The van der Waals surface area contributed by atoms with Crippen molar-refractivity contribution >= 4 is 32.5 Å². The lowest BCUT2D eigenvalue weighted by molar-refractivity contribution is 0.233. The van der Waals surface area contributed by atoms with Crippen LogP contribution in [-0.2, 0) is 6.54 Å². The molecule has 0 unspecified atom stereocenters. The SMILES string of the molecule is c1cc(-c2ccc3nc(Nc4cc(CN5CCNCC5)ccn4)sc3c2)ccn1. The van der Waals surface area contributed by atoms with Crippen molar-refractivity contribution in [3.63, 3.8) is 0 Å². The number of hydrogen-bond acceptors (Lipinski definition) is 7. The molecule has 146 valence electrons. The molecule has 29 heavy (non-hydrogen) atoms. The first-order chi connectivity index (χ1) is 14.3. The number of rotatable bonds is 5. The summed E-state index contributed by atoms with van der Waals surface area (Å²) in [4.78, 5) is 15.8. The minimum Gasteiger partial charge on any atom is -0.316 e. The first kappa shape index (κ1) is 18.2. The minimum absolute atomic E-state index is 0.839. The Hall–Kier alpha value is -2.87. The summed E-state index contributed by atoms with van der Waals surface area (Å²) in [6, 6.07) is 14.6. The molecule has 0 atom stereocenters. The highest BCUT2D eigenvalue weighted by Gasteiger charge is 2.11. The van der Waals surface area contributed by atoms with Crippen LogP contribution in [-0.4, -0.2) is 46.0 Å². The Morgan fingerprint density at radius 3 is 2.69 bits per heavy atom. The molecule has 4 aromatic rings. The predicted molar refractivity (Wildman–Crippen MR) is 119 cm³/mol. The van der Waals surface area contributed by atoms with Crippen LogP contribution in [0.1, 0.15) is 5.56 Å². The maximum absolute atomic E-state index is 4.72. The fourth-order valence-corrected chi connectivity index (χ4v) is 4.49. The number of pyridine rings is 2. The summed E-state index contributed by atoms with van der Waals surface area (Å²) in [6.07, 6.45) is 5.51. The molecule has 1 saturated heterocycles. The van der Waals surface area contributed by atoms with Crippen LogP contribution in [0.4, 0.5) is 10.9 Å². The van der Waals surface area contributed by atoms with Crippen molar-refractivity contribution in [2.75, 3.05) is 31.5 Å². The van der Waals surface area contributed by atoms with Gasteiger partial charge in [0.05, 0.1) is 10.2 Å². The molecule has 0 bridgehead atoms. The number of nitrogens with one attached hydrogen (secondary N) is 2. The molecule has 6 nitrogen and oxygen atoms in total. The van der Waals surface area contributed by atoms with Crippen LogP contribution in [0.5, 0.6) is 0 Å². The highest BCUT2D eigenvalue weighted by molar-refractivity contribution is 7.22. The van der Waals surface area contributed by atoms with Crippen LogP contribution in [0.2, 0.25) is 0 Å². The van der Waals surface area contributed by atoms with Crippen LogP contribution < -0.4 is 10.6 Å². The van der Waals surface area contributed by atoms with E-state index in [1.807, 2.05) is 30.7 Å². The van der Waals surface area contributed by atoms with E-state index < -0.39 is 0 Å². The zero-order valence-electron chi connectivity index (χ0n) is 16.0. The standard InChI is InChI=1S/C22H22N6S/c1-2-19-20(14-18(1)17-4-6-23-7-5-17)29-22(26-19)27-21-13-16(3-8-25-21)15-28-11-9-24-10-12-28/h1-8,13-14,24H,9-12,15H2,(H,25,26,27). The van der Waals surface area contributed by atoms with E-state index in [1.165, 1.54) is 11.1 Å². The van der Waals surface area contributed by atoms with Crippen molar-refractivity contribution in [1.29, 1.82) is 0 Å². The molecule has 7 heteroatoms. The van der Waals surface area contributed by atoms with Gasteiger partial charge in [-0.2, -0.15) is 0 Å². The molecule has 0 spiro atoms. The van der Waals surface area contributed by atoms with Crippen molar-refractivity contribution in [2.24, 2.45) is 0 Å². The summed E-state index contributed by atoms with van der Waals surface area (Å²) in [5.74, 6) is 0.839.